The molecule has 0 amide bonds. The Kier molecular flexibility index (Phi) is 4.95. The van der Waals surface area contributed by atoms with Gasteiger partial charge in [-0.05, 0) is 36.8 Å². The van der Waals surface area contributed by atoms with Crippen LogP contribution < -0.4 is 0 Å². The van der Waals surface area contributed by atoms with Crippen molar-refractivity contribution in [1.82, 2.24) is 14.5 Å². The molecule has 0 saturated carbocycles. The Bertz CT molecular complexity index is 1850. The molecular formula is C35H25N3S. The molecule has 8 rings (SSSR count). The van der Waals surface area contributed by atoms with Crippen molar-refractivity contribution in [2.75, 3.05) is 0 Å². The van der Waals surface area contributed by atoms with Gasteiger partial charge in [-0.15, -0.1) is 11.8 Å². The summed E-state index contributed by atoms with van der Waals surface area (Å²) in [5.74, 6) is 1.02. The molecule has 0 fully saturated rings. The predicted molar refractivity (Wildman–Crippen MR) is 161 cm³/mol. The van der Waals surface area contributed by atoms with Gasteiger partial charge in [-0.1, -0.05) is 103 Å². The zero-order valence-electron chi connectivity index (χ0n) is 21.5. The SMILES string of the molecule is CC12Sc3ccccc3C1C=Cc1c2c2ccccc2n1-c1nc(-c2ccccc2)cc(-c2ccccc2)n1. The van der Waals surface area contributed by atoms with Crippen LogP contribution in [0.5, 0.6) is 0 Å². The van der Waals surface area contributed by atoms with E-state index in [2.05, 4.69) is 127 Å². The highest BCUT2D eigenvalue weighted by Crippen LogP contribution is 2.63. The summed E-state index contributed by atoms with van der Waals surface area (Å²) >= 11 is 1.98. The topological polar surface area (TPSA) is 30.7 Å². The van der Waals surface area contributed by atoms with Crippen molar-refractivity contribution in [3.8, 4) is 28.5 Å². The summed E-state index contributed by atoms with van der Waals surface area (Å²) in [6.07, 6.45) is 4.68. The number of aromatic nitrogens is 3. The van der Waals surface area contributed by atoms with E-state index in [0.717, 1.165) is 28.0 Å². The minimum absolute atomic E-state index is 0.113. The summed E-state index contributed by atoms with van der Waals surface area (Å²) in [6.45, 7) is 2.40. The van der Waals surface area contributed by atoms with Gasteiger partial charge in [-0.3, -0.25) is 4.57 Å². The van der Waals surface area contributed by atoms with Crippen LogP contribution in [0.1, 0.15) is 29.7 Å². The van der Waals surface area contributed by atoms with Crippen molar-refractivity contribution in [1.29, 1.82) is 0 Å². The number of benzene rings is 4. The molecule has 0 spiro atoms. The van der Waals surface area contributed by atoms with Crippen LogP contribution in [0.2, 0.25) is 0 Å². The zero-order valence-corrected chi connectivity index (χ0v) is 22.3. The quantitative estimate of drug-likeness (QED) is 0.234. The number of hydrogen-bond donors (Lipinski definition) is 0. The molecule has 1 aliphatic carbocycles. The number of rotatable bonds is 3. The summed E-state index contributed by atoms with van der Waals surface area (Å²) in [5.41, 5.74) is 9.06. The number of thioether (sulfide) groups is 1. The largest absolute Gasteiger partial charge is 0.278 e. The Morgan fingerprint density at radius 3 is 2.05 bits per heavy atom. The standard InChI is InChI=1S/C35H25N3S/c1-35-27(25-16-9-11-19-32(25)39-35)20-21-31-33(35)26-17-8-10-18-30(26)38(31)34-36-28(23-12-4-2-5-13-23)22-29(37-34)24-14-6-3-7-15-24/h2-22,27H,1H3. The second kappa shape index (κ2) is 8.55. The average molecular weight is 520 g/mol. The lowest BCUT2D eigenvalue weighted by Gasteiger charge is -2.33. The summed E-state index contributed by atoms with van der Waals surface area (Å²) in [6, 6.07) is 40.4. The predicted octanol–water partition coefficient (Wildman–Crippen LogP) is 8.89. The molecule has 0 saturated heterocycles. The molecule has 2 aromatic heterocycles. The fraction of sp³-hybridized carbons (Fsp3) is 0.0857. The molecule has 4 heteroatoms. The Hall–Kier alpha value is -4.41. The first kappa shape index (κ1) is 22.6. The van der Waals surface area contributed by atoms with Gasteiger partial charge in [-0.25, -0.2) is 9.97 Å². The van der Waals surface area contributed by atoms with E-state index in [1.807, 2.05) is 23.9 Å². The number of fused-ring (bicyclic) bond motifs is 7. The molecule has 1 aliphatic heterocycles. The second-order valence-electron chi connectivity index (χ2n) is 10.4. The van der Waals surface area contributed by atoms with E-state index in [1.165, 1.54) is 27.1 Å². The van der Waals surface area contributed by atoms with Crippen molar-refractivity contribution in [3.05, 3.63) is 138 Å². The normalized spacial score (nSPS) is 19.1. The van der Waals surface area contributed by atoms with E-state index in [0.29, 0.717) is 11.9 Å². The van der Waals surface area contributed by atoms with Crippen LogP contribution in [-0.4, -0.2) is 14.5 Å². The van der Waals surface area contributed by atoms with Crippen LogP contribution >= 0.6 is 11.8 Å². The Balaban J connectivity index is 1.41. The minimum atomic E-state index is -0.113. The Labute approximate surface area is 231 Å². The molecule has 2 aliphatic rings. The second-order valence-corrected chi connectivity index (χ2v) is 11.9. The molecule has 3 heterocycles. The van der Waals surface area contributed by atoms with Crippen molar-refractivity contribution in [2.24, 2.45) is 0 Å². The number of nitrogens with zero attached hydrogens (tertiary/aromatic N) is 3. The molecule has 2 unspecified atom stereocenters. The van der Waals surface area contributed by atoms with Gasteiger partial charge < -0.3 is 0 Å². The maximum atomic E-state index is 5.19. The van der Waals surface area contributed by atoms with Crippen LogP contribution in [0, 0.1) is 0 Å². The van der Waals surface area contributed by atoms with Crippen LogP contribution in [0.4, 0.5) is 0 Å². The molecule has 0 bridgehead atoms. The molecule has 3 nitrogen and oxygen atoms in total. The third-order valence-electron chi connectivity index (χ3n) is 8.08. The monoisotopic (exact) mass is 519 g/mol. The first-order valence-corrected chi connectivity index (χ1v) is 14.1. The lowest BCUT2D eigenvalue weighted by atomic mass is 9.77. The number of para-hydroxylation sites is 1. The third-order valence-corrected chi connectivity index (χ3v) is 9.55. The van der Waals surface area contributed by atoms with E-state index in [-0.39, 0.29) is 4.75 Å². The molecule has 0 N–H and O–H groups in total. The molecule has 0 radical (unpaired) electrons. The van der Waals surface area contributed by atoms with Gasteiger partial charge in [0.25, 0.3) is 0 Å². The molecule has 39 heavy (non-hydrogen) atoms. The molecule has 6 aromatic rings. The van der Waals surface area contributed by atoms with Crippen molar-refractivity contribution >= 4 is 28.7 Å². The van der Waals surface area contributed by atoms with Gasteiger partial charge in [0.05, 0.1) is 27.3 Å². The van der Waals surface area contributed by atoms with E-state index in [4.69, 9.17) is 9.97 Å². The van der Waals surface area contributed by atoms with Crippen LogP contribution in [-0.2, 0) is 4.75 Å². The number of hydrogen-bond acceptors (Lipinski definition) is 3. The smallest absolute Gasteiger partial charge is 0.235 e. The maximum Gasteiger partial charge on any atom is 0.235 e. The molecular weight excluding hydrogens is 494 g/mol. The fourth-order valence-corrected chi connectivity index (χ4v) is 7.87. The van der Waals surface area contributed by atoms with Gasteiger partial charge in [0.15, 0.2) is 0 Å². The first-order valence-electron chi connectivity index (χ1n) is 13.3. The average Bonchev–Trinajstić information content (AvgIpc) is 3.50. The van der Waals surface area contributed by atoms with Gasteiger partial charge in [0, 0.05) is 32.9 Å². The summed E-state index contributed by atoms with van der Waals surface area (Å²) in [7, 11) is 0. The van der Waals surface area contributed by atoms with E-state index >= 15 is 0 Å². The summed E-state index contributed by atoms with van der Waals surface area (Å²) in [5, 5.41) is 1.26. The summed E-state index contributed by atoms with van der Waals surface area (Å²) in [4.78, 5) is 11.7. The van der Waals surface area contributed by atoms with Crippen LogP contribution in [0.15, 0.2) is 126 Å². The van der Waals surface area contributed by atoms with Crippen LogP contribution in [0.25, 0.3) is 45.4 Å². The summed E-state index contributed by atoms with van der Waals surface area (Å²) < 4.78 is 2.16. The lowest BCUT2D eigenvalue weighted by molar-refractivity contribution is 0.623. The van der Waals surface area contributed by atoms with Crippen molar-refractivity contribution in [3.63, 3.8) is 0 Å². The van der Waals surface area contributed by atoms with E-state index < -0.39 is 0 Å². The third kappa shape index (κ3) is 3.38. The van der Waals surface area contributed by atoms with Crippen molar-refractivity contribution in [2.45, 2.75) is 22.5 Å². The minimum Gasteiger partial charge on any atom is -0.278 e. The van der Waals surface area contributed by atoms with E-state index in [1.54, 1.807) is 0 Å². The highest BCUT2D eigenvalue weighted by atomic mass is 32.2. The Morgan fingerprint density at radius 2 is 1.33 bits per heavy atom. The van der Waals surface area contributed by atoms with Gasteiger partial charge in [0.2, 0.25) is 5.95 Å². The van der Waals surface area contributed by atoms with Crippen LogP contribution in [0.3, 0.4) is 0 Å². The molecule has 186 valence electrons. The first-order chi connectivity index (χ1) is 19.2. The van der Waals surface area contributed by atoms with Gasteiger partial charge in [0.1, 0.15) is 0 Å². The van der Waals surface area contributed by atoms with E-state index in [9.17, 15) is 0 Å². The van der Waals surface area contributed by atoms with Gasteiger partial charge in [-0.2, -0.15) is 0 Å². The van der Waals surface area contributed by atoms with Crippen molar-refractivity contribution < 1.29 is 0 Å². The highest BCUT2D eigenvalue weighted by molar-refractivity contribution is 8.00. The fourth-order valence-electron chi connectivity index (χ4n) is 6.30. The highest BCUT2D eigenvalue weighted by Gasteiger charge is 2.48. The number of allylic oxidation sites excluding steroid dienone is 1. The Morgan fingerprint density at radius 1 is 0.718 bits per heavy atom. The zero-order chi connectivity index (χ0) is 26.0. The lowest BCUT2D eigenvalue weighted by Crippen LogP contribution is -2.25. The van der Waals surface area contributed by atoms with Gasteiger partial charge >= 0.3 is 0 Å². The molecule has 2 atom stereocenters. The maximum absolute atomic E-state index is 5.19. The molecule has 4 aromatic carbocycles.